The van der Waals surface area contributed by atoms with Crippen LogP contribution < -0.4 is 5.32 Å². The predicted molar refractivity (Wildman–Crippen MR) is 68.7 cm³/mol. The van der Waals surface area contributed by atoms with Crippen LogP contribution >= 0.6 is 0 Å². The van der Waals surface area contributed by atoms with Crippen molar-refractivity contribution in [3.05, 3.63) is 17.6 Å². The first-order valence-corrected chi connectivity index (χ1v) is 7.65. The van der Waals surface area contributed by atoms with E-state index in [1.807, 2.05) is 0 Å². The summed E-state index contributed by atoms with van der Waals surface area (Å²) < 4.78 is 54.5. The van der Waals surface area contributed by atoms with Crippen molar-refractivity contribution >= 4 is 15.7 Å². The largest absolute Gasteiger partial charge is 0.455 e. The zero-order valence-corrected chi connectivity index (χ0v) is 12.7. The number of nitrogens with one attached hydrogen (secondary N) is 1. The maximum absolute atomic E-state index is 13.3. The van der Waals surface area contributed by atoms with Gasteiger partial charge >= 0.3 is 0 Å². The van der Waals surface area contributed by atoms with Gasteiger partial charge < -0.3 is 9.73 Å². The highest BCUT2D eigenvalue weighted by Gasteiger charge is 2.43. The van der Waals surface area contributed by atoms with Gasteiger partial charge in [-0.3, -0.25) is 4.79 Å². The molecular weight excluding hydrogens is 292 g/mol. The third kappa shape index (κ3) is 3.36. The summed E-state index contributed by atoms with van der Waals surface area (Å²) >= 11 is 0. The van der Waals surface area contributed by atoms with Crippen molar-refractivity contribution in [3.63, 3.8) is 0 Å². The molecule has 1 amide bonds. The van der Waals surface area contributed by atoms with Gasteiger partial charge in [0.25, 0.3) is 11.8 Å². The first-order chi connectivity index (χ1) is 8.75. The van der Waals surface area contributed by atoms with Crippen LogP contribution in [0.25, 0.3) is 0 Å². The number of rotatable bonds is 4. The zero-order valence-electron chi connectivity index (χ0n) is 11.9. The minimum atomic E-state index is -3.54. The average molecular weight is 309 g/mol. The predicted octanol–water partition coefficient (Wildman–Crippen LogP) is 2.16. The topological polar surface area (TPSA) is 76.4 Å². The molecule has 0 unspecified atom stereocenters. The molecule has 1 heterocycles. The Morgan fingerprint density at radius 3 is 2.15 bits per heavy atom. The van der Waals surface area contributed by atoms with E-state index in [2.05, 4.69) is 5.32 Å². The van der Waals surface area contributed by atoms with Gasteiger partial charge in [-0.2, -0.15) is 0 Å². The lowest BCUT2D eigenvalue weighted by atomic mass is 9.97. The molecule has 8 heteroatoms. The molecule has 0 saturated heterocycles. The molecule has 0 aliphatic rings. The van der Waals surface area contributed by atoms with Gasteiger partial charge in [0.2, 0.25) is 0 Å². The zero-order chi connectivity index (χ0) is 15.9. The van der Waals surface area contributed by atoms with E-state index in [4.69, 9.17) is 4.42 Å². The second-order valence-electron chi connectivity index (χ2n) is 5.27. The lowest BCUT2D eigenvalue weighted by molar-refractivity contribution is -0.0550. The summed E-state index contributed by atoms with van der Waals surface area (Å²) in [5, 5.41) is 2.13. The molecule has 1 aromatic rings. The number of sulfone groups is 1. The van der Waals surface area contributed by atoms with Crippen LogP contribution in [-0.4, -0.2) is 32.0 Å². The van der Waals surface area contributed by atoms with Gasteiger partial charge in [0, 0.05) is 19.2 Å². The monoisotopic (exact) mass is 309 g/mol. The minimum Gasteiger partial charge on any atom is -0.455 e. The van der Waals surface area contributed by atoms with Crippen LogP contribution in [0.3, 0.4) is 0 Å². The van der Waals surface area contributed by atoms with Crippen LogP contribution in [0.5, 0.6) is 0 Å². The molecule has 0 bridgehead atoms. The molecule has 1 aromatic heterocycles. The van der Waals surface area contributed by atoms with Gasteiger partial charge in [-0.1, -0.05) is 0 Å². The normalized spacial score (nSPS) is 13.3. The number of aryl methyl sites for hydroxylation is 1. The molecule has 0 aromatic carbocycles. The fraction of sp³-hybridized carbons (Fsp3) is 0.583. The number of amides is 1. The van der Waals surface area contributed by atoms with Crippen LogP contribution in [0.15, 0.2) is 15.4 Å². The molecule has 114 valence electrons. The van der Waals surface area contributed by atoms with E-state index in [1.54, 1.807) is 0 Å². The number of hydrogen-bond acceptors (Lipinski definition) is 4. The SMILES string of the molecule is Cc1oc(C(=O)NC(C)(C)C(C)(F)F)cc1S(C)(=O)=O. The number of carbonyl (C=O) groups excluding carboxylic acids is 1. The summed E-state index contributed by atoms with van der Waals surface area (Å²) in [7, 11) is -3.54. The van der Waals surface area contributed by atoms with Gasteiger partial charge in [0.05, 0.1) is 5.54 Å². The molecule has 0 saturated carbocycles. The molecule has 0 aliphatic carbocycles. The number of alkyl halides is 2. The Labute approximate surface area is 116 Å². The Hall–Kier alpha value is -1.44. The van der Waals surface area contributed by atoms with Crippen LogP contribution in [0.1, 0.15) is 37.1 Å². The van der Waals surface area contributed by atoms with Crippen LogP contribution in [0.4, 0.5) is 8.78 Å². The number of halogens is 2. The molecule has 0 aliphatic heterocycles. The fourth-order valence-corrected chi connectivity index (χ4v) is 2.29. The molecule has 0 atom stereocenters. The van der Waals surface area contributed by atoms with Gasteiger partial charge in [-0.25, -0.2) is 17.2 Å². The van der Waals surface area contributed by atoms with Crippen LogP contribution in [0.2, 0.25) is 0 Å². The number of carbonyl (C=O) groups is 1. The van der Waals surface area contributed by atoms with E-state index >= 15 is 0 Å². The second-order valence-corrected chi connectivity index (χ2v) is 7.25. The van der Waals surface area contributed by atoms with Gasteiger partial charge in [0.15, 0.2) is 15.6 Å². The summed E-state index contributed by atoms with van der Waals surface area (Å²) in [4.78, 5) is 11.7. The highest BCUT2D eigenvalue weighted by molar-refractivity contribution is 7.90. The maximum Gasteiger partial charge on any atom is 0.287 e. The summed E-state index contributed by atoms with van der Waals surface area (Å²) in [6, 6.07) is 1.03. The van der Waals surface area contributed by atoms with E-state index < -0.39 is 27.2 Å². The second kappa shape index (κ2) is 4.83. The van der Waals surface area contributed by atoms with E-state index in [-0.39, 0.29) is 16.4 Å². The minimum absolute atomic E-state index is 0.0405. The first-order valence-electron chi connectivity index (χ1n) is 5.76. The lowest BCUT2D eigenvalue weighted by Gasteiger charge is -2.31. The average Bonchev–Trinajstić information content (AvgIpc) is 2.57. The van der Waals surface area contributed by atoms with Gasteiger partial charge in [-0.05, 0) is 20.8 Å². The van der Waals surface area contributed by atoms with Gasteiger partial charge in [-0.15, -0.1) is 0 Å². The van der Waals surface area contributed by atoms with Crippen molar-refractivity contribution < 1.29 is 26.4 Å². The van der Waals surface area contributed by atoms with Crippen molar-refractivity contribution in [1.29, 1.82) is 0 Å². The van der Waals surface area contributed by atoms with Crippen molar-refractivity contribution in [3.8, 4) is 0 Å². The van der Waals surface area contributed by atoms with E-state index in [1.165, 1.54) is 6.92 Å². The Morgan fingerprint density at radius 2 is 1.80 bits per heavy atom. The molecule has 1 rings (SSSR count). The summed E-state index contributed by atoms with van der Waals surface area (Å²) in [5.41, 5.74) is -1.80. The lowest BCUT2D eigenvalue weighted by Crippen LogP contribution is -2.54. The van der Waals surface area contributed by atoms with Crippen LogP contribution in [-0.2, 0) is 9.84 Å². The van der Waals surface area contributed by atoms with E-state index in [0.29, 0.717) is 6.92 Å². The van der Waals surface area contributed by atoms with Crippen molar-refractivity contribution in [2.24, 2.45) is 0 Å². The molecule has 0 fully saturated rings. The molecule has 0 radical (unpaired) electrons. The number of hydrogen-bond donors (Lipinski definition) is 1. The highest BCUT2D eigenvalue weighted by atomic mass is 32.2. The van der Waals surface area contributed by atoms with Gasteiger partial charge in [0.1, 0.15) is 10.7 Å². The van der Waals surface area contributed by atoms with Crippen LogP contribution in [0, 0.1) is 6.92 Å². The Morgan fingerprint density at radius 1 is 1.30 bits per heavy atom. The Balaban J connectivity index is 3.07. The Kier molecular flexibility index (Phi) is 4.02. The first kappa shape index (κ1) is 16.6. The number of furan rings is 1. The van der Waals surface area contributed by atoms with Crippen molar-refractivity contribution in [2.75, 3.05) is 6.26 Å². The quantitative estimate of drug-likeness (QED) is 0.924. The molecule has 5 nitrogen and oxygen atoms in total. The highest BCUT2D eigenvalue weighted by Crippen LogP contribution is 2.28. The Bertz CT molecular complexity index is 626. The van der Waals surface area contributed by atoms with E-state index in [0.717, 1.165) is 26.2 Å². The standard InChI is InChI=1S/C12H17F2NO4S/c1-7-9(20(5,17)18)6-8(19-7)10(16)15-11(2,3)12(4,13)14/h6H,1-5H3,(H,15,16). The molecule has 20 heavy (non-hydrogen) atoms. The van der Waals surface area contributed by atoms with E-state index in [9.17, 15) is 22.0 Å². The van der Waals surface area contributed by atoms with Crippen molar-refractivity contribution in [2.45, 2.75) is 44.1 Å². The molecule has 0 spiro atoms. The maximum atomic E-state index is 13.3. The third-order valence-electron chi connectivity index (χ3n) is 3.02. The summed E-state index contributed by atoms with van der Waals surface area (Å²) in [5.74, 6) is -4.32. The van der Waals surface area contributed by atoms with Crippen molar-refractivity contribution in [1.82, 2.24) is 5.32 Å². The molecular formula is C12H17F2NO4S. The molecule has 1 N–H and O–H groups in total. The summed E-state index contributed by atoms with van der Waals surface area (Å²) in [6.07, 6.45) is 0.969. The third-order valence-corrected chi connectivity index (χ3v) is 4.22. The summed E-state index contributed by atoms with van der Waals surface area (Å²) in [6.45, 7) is 4.39. The smallest absolute Gasteiger partial charge is 0.287 e. The fourth-order valence-electron chi connectivity index (χ4n) is 1.40.